The molecule has 0 saturated heterocycles. The molecular weight excluding hydrogens is 966 g/mol. The van der Waals surface area contributed by atoms with E-state index in [1.165, 1.54) is 40.2 Å². The Bertz CT molecular complexity index is 3320. The monoisotopic (exact) mass is 1010 g/mol. The number of imidazole rings is 1. The zero-order valence-electron chi connectivity index (χ0n) is 38.1. The molecule has 0 bridgehead atoms. The Morgan fingerprint density at radius 1 is 0.696 bits per heavy atom. The predicted molar refractivity (Wildman–Crippen MR) is 255 cm³/mol. The van der Waals surface area contributed by atoms with Crippen molar-refractivity contribution in [1.82, 2.24) is 38.6 Å². The number of hydrogen-bond acceptors (Lipinski definition) is 10. The topological polar surface area (TPSA) is 184 Å². The fourth-order valence-corrected chi connectivity index (χ4v) is 7.97. The molecular formula is C49H48BrF4N9O6. The zero-order valence-corrected chi connectivity index (χ0v) is 39.7. The van der Waals surface area contributed by atoms with E-state index in [1.54, 1.807) is 42.9 Å². The summed E-state index contributed by atoms with van der Waals surface area (Å²) in [5.41, 5.74) is 2.02. The first-order valence-electron chi connectivity index (χ1n) is 22.4. The van der Waals surface area contributed by atoms with Crippen LogP contribution in [0.4, 0.5) is 23.4 Å². The lowest BCUT2D eigenvalue weighted by atomic mass is 10.1. The summed E-state index contributed by atoms with van der Waals surface area (Å²) in [6.45, 7) is 8.58. The molecule has 0 amide bonds. The molecule has 0 radical (unpaired) electrons. The zero-order chi connectivity index (χ0) is 49.1. The molecule has 6 heterocycles. The third kappa shape index (κ3) is 11.0. The molecule has 5 aromatic heterocycles. The number of rotatable bonds is 13. The van der Waals surface area contributed by atoms with Gasteiger partial charge in [0, 0.05) is 36.2 Å². The minimum absolute atomic E-state index is 0.0133. The van der Waals surface area contributed by atoms with Crippen LogP contribution < -0.4 is 32.0 Å². The highest BCUT2D eigenvalue weighted by Crippen LogP contribution is 2.35. The van der Waals surface area contributed by atoms with Crippen molar-refractivity contribution in [2.45, 2.75) is 83.8 Å². The van der Waals surface area contributed by atoms with Crippen molar-refractivity contribution in [1.29, 1.82) is 0 Å². The maximum atomic E-state index is 14.0. The van der Waals surface area contributed by atoms with Crippen LogP contribution in [0, 0.1) is 35.1 Å². The first-order valence-corrected chi connectivity index (χ1v) is 23.5. The molecule has 2 aromatic carbocycles. The lowest BCUT2D eigenvalue weighted by Crippen LogP contribution is -2.32. The maximum Gasteiger partial charge on any atom is 0.330 e. The van der Waals surface area contributed by atoms with Gasteiger partial charge in [0.25, 0.3) is 11.1 Å². The largest absolute Gasteiger partial charge is 0.477 e. The molecule has 0 unspecified atom stereocenters. The molecule has 15 nitrogen and oxygen atoms in total. The fourth-order valence-electron chi connectivity index (χ4n) is 7.62. The van der Waals surface area contributed by atoms with Crippen LogP contribution in [-0.2, 0) is 18.3 Å². The van der Waals surface area contributed by atoms with E-state index in [2.05, 4.69) is 45.8 Å². The molecule has 10 rings (SSSR count). The van der Waals surface area contributed by atoms with Crippen molar-refractivity contribution in [2.75, 3.05) is 13.2 Å². The van der Waals surface area contributed by atoms with Gasteiger partial charge in [-0.1, -0.05) is 28.1 Å². The highest BCUT2D eigenvalue weighted by molar-refractivity contribution is 9.08. The van der Waals surface area contributed by atoms with Gasteiger partial charge in [-0.3, -0.25) is 28.7 Å². The van der Waals surface area contributed by atoms with E-state index in [9.17, 15) is 36.7 Å². The van der Waals surface area contributed by atoms with Gasteiger partial charge in [-0.15, -0.1) is 0 Å². The Hall–Kier alpha value is -6.96. The van der Waals surface area contributed by atoms with Crippen LogP contribution in [0.1, 0.15) is 87.7 Å². The number of nitrogens with zero attached hydrogens (tertiary/aromatic N) is 7. The van der Waals surface area contributed by atoms with Gasteiger partial charge in [0.15, 0.2) is 34.4 Å². The minimum Gasteiger partial charge on any atom is -0.477 e. The normalized spacial score (nSPS) is 14.0. The van der Waals surface area contributed by atoms with E-state index in [0.717, 1.165) is 42.2 Å². The third-order valence-corrected chi connectivity index (χ3v) is 12.2. The average Bonchev–Trinajstić information content (AvgIpc) is 4.25. The van der Waals surface area contributed by atoms with E-state index in [1.807, 2.05) is 26.0 Å². The van der Waals surface area contributed by atoms with Gasteiger partial charge in [0.2, 0.25) is 11.8 Å². The highest BCUT2D eigenvalue weighted by Gasteiger charge is 2.29. The van der Waals surface area contributed by atoms with Crippen molar-refractivity contribution in [2.24, 2.45) is 16.8 Å². The van der Waals surface area contributed by atoms with E-state index < -0.39 is 40.2 Å². The van der Waals surface area contributed by atoms with Crippen molar-refractivity contribution < 1.29 is 27.0 Å². The van der Waals surface area contributed by atoms with Crippen LogP contribution in [-0.4, -0.2) is 57.5 Å². The lowest BCUT2D eigenvalue weighted by molar-refractivity contribution is 0.288. The van der Waals surface area contributed by atoms with E-state index in [0.29, 0.717) is 82.6 Å². The van der Waals surface area contributed by atoms with Crippen molar-refractivity contribution in [3.05, 3.63) is 160 Å². The Morgan fingerprint density at radius 3 is 1.80 bits per heavy atom. The number of nitrogens with one attached hydrogen (secondary N) is 2. The Balaban J connectivity index is 0.000000160. The molecule has 2 N–H and O–H groups in total. The predicted octanol–water partition coefficient (Wildman–Crippen LogP) is 8.48. The minimum atomic E-state index is -0.994. The number of pyridine rings is 2. The second-order valence-corrected chi connectivity index (χ2v) is 18.1. The summed E-state index contributed by atoms with van der Waals surface area (Å²) in [7, 11) is 0. The second kappa shape index (κ2) is 20.7. The molecule has 69 heavy (non-hydrogen) atoms. The van der Waals surface area contributed by atoms with E-state index >= 15 is 0 Å². The molecule has 2 aliphatic carbocycles. The third-order valence-electron chi connectivity index (χ3n) is 11.5. The molecule has 0 spiro atoms. The first-order chi connectivity index (χ1) is 33.1. The molecule has 3 aliphatic rings. The fraction of sp³-hybridized carbons (Fsp3) is 0.347. The number of H-pyrrole nitrogens is 2. The lowest BCUT2D eigenvalue weighted by Gasteiger charge is -2.13. The molecule has 1 aliphatic heterocycles. The molecule has 7 aromatic rings. The highest BCUT2D eigenvalue weighted by atomic mass is 79.9. The molecule has 2 saturated carbocycles. The molecule has 0 atom stereocenters. The number of aromatic nitrogens is 8. The number of ether oxygens (including phenoxy) is 2. The number of aliphatic imine (C=N–C) groups is 1. The second-order valence-electron chi connectivity index (χ2n) is 17.5. The number of halogens is 5. The number of aromatic amines is 2. The van der Waals surface area contributed by atoms with Crippen LogP contribution in [0.2, 0.25) is 0 Å². The number of benzene rings is 2. The van der Waals surface area contributed by atoms with Gasteiger partial charge in [-0.2, -0.15) is 0 Å². The van der Waals surface area contributed by atoms with Crippen LogP contribution in [0.25, 0.3) is 22.6 Å². The van der Waals surface area contributed by atoms with Gasteiger partial charge in [-0.25, -0.2) is 47.1 Å². The SMILES string of the molecule is CC(C)n1c(=O)[nH]c(=O)c2c1nc(-c1cccnc1OCC1CC1)n2Cc1ccc(F)c(F)c1.CC(C)n1c2c(c(=O)[nH]c1=O)CC(c1cccnc1OCC1CC1)=N2.Fc1ccc(CBr)cc1F. The summed E-state index contributed by atoms with van der Waals surface area (Å²) in [6, 6.07) is 14.2. The van der Waals surface area contributed by atoms with Crippen LogP contribution >= 0.6 is 15.9 Å². The number of hydrogen-bond donors (Lipinski definition) is 2. The van der Waals surface area contributed by atoms with Crippen molar-refractivity contribution in [3.63, 3.8) is 0 Å². The van der Waals surface area contributed by atoms with Crippen LogP contribution in [0.5, 0.6) is 11.8 Å². The van der Waals surface area contributed by atoms with E-state index in [-0.39, 0.29) is 35.4 Å². The summed E-state index contributed by atoms with van der Waals surface area (Å²) in [6.07, 6.45) is 8.26. The summed E-state index contributed by atoms with van der Waals surface area (Å²) in [4.78, 5) is 72.6. The summed E-state index contributed by atoms with van der Waals surface area (Å²) in [5, 5.41) is 0.546. The number of alkyl halides is 1. The van der Waals surface area contributed by atoms with Gasteiger partial charge < -0.3 is 14.0 Å². The quantitative estimate of drug-likeness (QED) is 0.0845. The summed E-state index contributed by atoms with van der Waals surface area (Å²) < 4.78 is 68.4. The Morgan fingerprint density at radius 2 is 1.23 bits per heavy atom. The van der Waals surface area contributed by atoms with Crippen molar-refractivity contribution in [3.8, 4) is 23.1 Å². The molecule has 20 heteroatoms. The van der Waals surface area contributed by atoms with Gasteiger partial charge in [-0.05, 0) is 125 Å². The Labute approximate surface area is 400 Å². The van der Waals surface area contributed by atoms with Gasteiger partial charge >= 0.3 is 11.4 Å². The maximum absolute atomic E-state index is 14.0. The summed E-state index contributed by atoms with van der Waals surface area (Å²) >= 11 is 3.13. The standard InChI is InChI=1S/C24H23F2N5O3.C18H20N4O3.C7H5BrF2/c1-13(2)31-21-19(22(32)29-24(31)33)30(11-15-7-8-17(25)18(26)10-15)20(28-21)16-4-3-9-27-23(16)34-12-14-5-6-14;1-10(2)22-15-13(16(23)21-18(22)24)8-14(20-15)12-4-3-7-19-17(12)25-9-11-5-6-11;8-4-5-1-2-6(9)7(10)3-5/h3-4,7-10,13-14H,5-6,11-12H2,1-2H3,(H,29,32,33);3-4,7,10-11H,5-6,8-9H2,1-2H3,(H,21,23,24);1-3H,4H2. The Kier molecular flexibility index (Phi) is 14.6. The van der Waals surface area contributed by atoms with Gasteiger partial charge in [0.1, 0.15) is 11.6 Å². The molecule has 360 valence electrons. The van der Waals surface area contributed by atoms with Crippen molar-refractivity contribution >= 4 is 38.6 Å². The molecule has 2 fully saturated rings. The van der Waals surface area contributed by atoms with Gasteiger partial charge in [0.05, 0.1) is 42.2 Å². The van der Waals surface area contributed by atoms with Crippen LogP contribution in [0.3, 0.4) is 0 Å². The van der Waals surface area contributed by atoms with E-state index in [4.69, 9.17) is 9.47 Å². The summed E-state index contributed by atoms with van der Waals surface area (Å²) in [5.74, 6) is -0.778. The smallest absolute Gasteiger partial charge is 0.330 e. The van der Waals surface area contributed by atoms with Crippen LogP contribution in [0.15, 0.2) is 97.2 Å². The average molecular weight is 1010 g/mol. The number of fused-ring (bicyclic) bond motifs is 2. The first kappa shape index (κ1) is 48.5.